The zero-order valence-electron chi connectivity index (χ0n) is 6.95. The third-order valence-corrected chi connectivity index (χ3v) is 3.19. The maximum absolute atomic E-state index is 11.1. The first-order chi connectivity index (χ1) is 5.39. The Bertz CT molecular complexity index is 279. The first-order valence-corrected chi connectivity index (χ1v) is 5.59. The van der Waals surface area contributed by atoms with Crippen molar-refractivity contribution in [1.29, 1.82) is 4.78 Å². The number of amides is 1. The number of carbonyl (C=O) groups is 1. The molecule has 6 heteroatoms. The highest BCUT2D eigenvalue weighted by atomic mass is 32.2. The predicted molar refractivity (Wildman–Crippen MR) is 45.7 cm³/mol. The number of nitrogens with zero attached hydrogens (tertiary/aromatic N) is 1. The van der Waals surface area contributed by atoms with E-state index in [1.54, 1.807) is 4.31 Å². The average molecular weight is 191 g/mol. The van der Waals surface area contributed by atoms with Gasteiger partial charge in [0.1, 0.15) is 9.92 Å². The second kappa shape index (κ2) is 3.02. The molecule has 5 nitrogen and oxygen atoms in total. The summed E-state index contributed by atoms with van der Waals surface area (Å²) in [7, 11) is -2.55. The highest BCUT2D eigenvalue weighted by Gasteiger charge is 2.31. The smallest absolute Gasteiger partial charge is 0.217 e. The normalized spacial score (nSPS) is 24.4. The molecule has 0 aromatic carbocycles. The summed E-state index contributed by atoms with van der Waals surface area (Å²) in [5, 5.41) is 0. The van der Waals surface area contributed by atoms with E-state index >= 15 is 0 Å². The van der Waals surface area contributed by atoms with E-state index < -0.39 is 9.92 Å². The van der Waals surface area contributed by atoms with Crippen LogP contribution in [0.5, 0.6) is 0 Å². The minimum atomic E-state index is -2.55. The van der Waals surface area contributed by atoms with Gasteiger partial charge >= 0.3 is 0 Å². The first kappa shape index (κ1) is 9.47. The number of carbonyl (C=O) groups excluding carboxylic acids is 1. The zero-order chi connectivity index (χ0) is 9.35. The quantitative estimate of drug-likeness (QED) is 0.623. The lowest BCUT2D eigenvalue weighted by Crippen LogP contribution is -2.50. The lowest BCUT2D eigenvalue weighted by Gasteiger charge is -2.38. The Morgan fingerprint density at radius 2 is 2.25 bits per heavy atom. The van der Waals surface area contributed by atoms with Crippen LogP contribution in [0.3, 0.4) is 0 Å². The van der Waals surface area contributed by atoms with E-state index in [1.165, 1.54) is 6.26 Å². The summed E-state index contributed by atoms with van der Waals surface area (Å²) in [5.74, 6) is -0.124. The van der Waals surface area contributed by atoms with Crippen LogP contribution in [0.25, 0.3) is 0 Å². The molecule has 1 aliphatic rings. The highest BCUT2D eigenvalue weighted by Crippen LogP contribution is 2.21. The number of rotatable bonds is 3. The van der Waals surface area contributed by atoms with E-state index in [0.29, 0.717) is 19.5 Å². The third-order valence-electron chi connectivity index (χ3n) is 1.91. The molecule has 0 aliphatic carbocycles. The lowest BCUT2D eigenvalue weighted by molar-refractivity contribution is -0.119. The van der Waals surface area contributed by atoms with Crippen molar-refractivity contribution in [2.75, 3.05) is 19.3 Å². The van der Waals surface area contributed by atoms with Gasteiger partial charge in [-0.05, 0) is 5.92 Å². The van der Waals surface area contributed by atoms with Gasteiger partial charge in [-0.3, -0.25) is 4.79 Å². The van der Waals surface area contributed by atoms with E-state index in [0.717, 1.165) is 0 Å². The molecule has 1 saturated heterocycles. The number of primary amides is 1. The van der Waals surface area contributed by atoms with Crippen LogP contribution < -0.4 is 5.73 Å². The number of hydrogen-bond acceptors (Lipinski definition) is 3. The molecule has 1 heterocycles. The standard InChI is InChI=1S/C6H13N3O2S/c1-12(8,11)9-3-5(4-9)2-6(7)10/h5,8H,2-4H2,1H3,(H2,7,10). The Morgan fingerprint density at radius 3 is 2.58 bits per heavy atom. The van der Waals surface area contributed by atoms with Gasteiger partial charge in [-0.2, -0.15) is 0 Å². The van der Waals surface area contributed by atoms with Crippen LogP contribution in [0.4, 0.5) is 0 Å². The summed E-state index contributed by atoms with van der Waals surface area (Å²) in [6.45, 7) is 1.11. The van der Waals surface area contributed by atoms with Crippen molar-refractivity contribution in [2.24, 2.45) is 11.7 Å². The molecule has 0 aromatic heterocycles. The summed E-state index contributed by atoms with van der Waals surface area (Å²) in [4.78, 5) is 10.4. The SMILES string of the molecule is CS(=N)(=O)N1CC(CC(N)=O)C1. The fourth-order valence-corrected chi connectivity index (χ4v) is 2.21. The van der Waals surface area contributed by atoms with Crippen LogP contribution in [0.2, 0.25) is 0 Å². The Labute approximate surface area is 72.0 Å². The van der Waals surface area contributed by atoms with Gasteiger partial charge in [0.25, 0.3) is 0 Å². The molecule has 0 saturated carbocycles. The van der Waals surface area contributed by atoms with Gasteiger partial charge in [0, 0.05) is 25.8 Å². The van der Waals surface area contributed by atoms with Crippen LogP contribution in [-0.2, 0) is 14.7 Å². The minimum absolute atomic E-state index is 0.202. The molecule has 1 amide bonds. The minimum Gasteiger partial charge on any atom is -0.370 e. The second-order valence-corrected chi connectivity index (χ2v) is 5.31. The molecule has 1 rings (SSSR count). The van der Waals surface area contributed by atoms with Gasteiger partial charge < -0.3 is 5.73 Å². The second-order valence-electron chi connectivity index (χ2n) is 3.19. The summed E-state index contributed by atoms with van der Waals surface area (Å²) < 4.78 is 19.8. The Morgan fingerprint density at radius 1 is 1.75 bits per heavy atom. The molecule has 70 valence electrons. The van der Waals surface area contributed by atoms with Crippen molar-refractivity contribution in [2.45, 2.75) is 6.42 Å². The molecule has 1 fully saturated rings. The maximum Gasteiger partial charge on any atom is 0.217 e. The van der Waals surface area contributed by atoms with Crippen molar-refractivity contribution < 1.29 is 9.00 Å². The molecule has 1 unspecified atom stereocenters. The summed E-state index contributed by atoms with van der Waals surface area (Å²) in [6.07, 6.45) is 1.72. The topological polar surface area (TPSA) is 87.2 Å². The van der Waals surface area contributed by atoms with Gasteiger partial charge in [-0.15, -0.1) is 0 Å². The van der Waals surface area contributed by atoms with Crippen LogP contribution in [0.1, 0.15) is 6.42 Å². The fourth-order valence-electron chi connectivity index (χ4n) is 1.22. The van der Waals surface area contributed by atoms with Crippen LogP contribution in [-0.4, -0.2) is 33.8 Å². The average Bonchev–Trinajstić information content (AvgIpc) is 1.73. The molecule has 1 aliphatic heterocycles. The van der Waals surface area contributed by atoms with E-state index in [4.69, 9.17) is 10.5 Å². The molecular formula is C6H13N3O2S. The van der Waals surface area contributed by atoms with Crippen LogP contribution in [0.15, 0.2) is 0 Å². The molecule has 0 spiro atoms. The Kier molecular flexibility index (Phi) is 2.39. The van der Waals surface area contributed by atoms with Crippen molar-refractivity contribution in [3.8, 4) is 0 Å². The lowest BCUT2D eigenvalue weighted by atomic mass is 9.99. The van der Waals surface area contributed by atoms with Gasteiger partial charge in [0.05, 0.1) is 0 Å². The van der Waals surface area contributed by atoms with Crippen molar-refractivity contribution in [3.63, 3.8) is 0 Å². The monoisotopic (exact) mass is 191 g/mol. The van der Waals surface area contributed by atoms with E-state index in [2.05, 4.69) is 0 Å². The highest BCUT2D eigenvalue weighted by molar-refractivity contribution is 7.89. The molecule has 0 radical (unpaired) electrons. The van der Waals surface area contributed by atoms with Crippen LogP contribution in [0, 0.1) is 10.7 Å². The molecule has 3 N–H and O–H groups in total. The van der Waals surface area contributed by atoms with Gasteiger partial charge in [-0.1, -0.05) is 0 Å². The van der Waals surface area contributed by atoms with E-state index in [9.17, 15) is 9.00 Å². The van der Waals surface area contributed by atoms with Crippen LogP contribution >= 0.6 is 0 Å². The van der Waals surface area contributed by atoms with Gasteiger partial charge in [0.2, 0.25) is 5.91 Å². The predicted octanol–water partition coefficient (Wildman–Crippen LogP) is -0.615. The molecule has 0 bridgehead atoms. The summed E-state index contributed by atoms with van der Waals surface area (Å²) in [6, 6.07) is 0. The molecule has 1 atom stereocenters. The Balaban J connectivity index is 2.34. The third kappa shape index (κ3) is 2.18. The molecular weight excluding hydrogens is 178 g/mol. The maximum atomic E-state index is 11.1. The Hall–Kier alpha value is -0.620. The zero-order valence-corrected chi connectivity index (χ0v) is 7.76. The summed E-state index contributed by atoms with van der Waals surface area (Å²) in [5.41, 5.74) is 4.98. The van der Waals surface area contributed by atoms with E-state index in [1.807, 2.05) is 0 Å². The van der Waals surface area contributed by atoms with Gasteiger partial charge in [0.15, 0.2) is 0 Å². The number of hydrogen-bond donors (Lipinski definition) is 2. The van der Waals surface area contributed by atoms with E-state index in [-0.39, 0.29) is 11.8 Å². The van der Waals surface area contributed by atoms with Crippen molar-refractivity contribution in [1.82, 2.24) is 4.31 Å². The number of nitrogens with one attached hydrogen (secondary N) is 1. The largest absolute Gasteiger partial charge is 0.370 e. The molecule has 0 aromatic rings. The fraction of sp³-hybridized carbons (Fsp3) is 0.833. The first-order valence-electron chi connectivity index (χ1n) is 3.67. The molecule has 12 heavy (non-hydrogen) atoms. The van der Waals surface area contributed by atoms with Crippen molar-refractivity contribution >= 4 is 15.8 Å². The van der Waals surface area contributed by atoms with Gasteiger partial charge in [-0.25, -0.2) is 13.3 Å². The number of nitrogens with two attached hydrogens (primary N) is 1. The van der Waals surface area contributed by atoms with Crippen molar-refractivity contribution in [3.05, 3.63) is 0 Å². The summed E-state index contributed by atoms with van der Waals surface area (Å²) >= 11 is 0.